The predicted molar refractivity (Wildman–Crippen MR) is 89.6 cm³/mol. The zero-order chi connectivity index (χ0) is 15.9. The summed E-state index contributed by atoms with van der Waals surface area (Å²) in [5.41, 5.74) is 0.0961. The summed E-state index contributed by atoms with van der Waals surface area (Å²) in [4.78, 5) is 0. The lowest BCUT2D eigenvalue weighted by Gasteiger charge is -2.33. The molecule has 1 aromatic carbocycles. The van der Waals surface area contributed by atoms with E-state index in [4.69, 9.17) is 27.9 Å². The van der Waals surface area contributed by atoms with Gasteiger partial charge in [-0.05, 0) is 37.5 Å². The summed E-state index contributed by atoms with van der Waals surface area (Å²) in [5, 5.41) is 14.5. The quantitative estimate of drug-likeness (QED) is 0.708. The lowest BCUT2D eigenvalue weighted by atomic mass is 9.90. The Kier molecular flexibility index (Phi) is 7.82. The van der Waals surface area contributed by atoms with Gasteiger partial charge >= 0.3 is 0 Å². The van der Waals surface area contributed by atoms with Crippen molar-refractivity contribution >= 4 is 23.2 Å². The lowest BCUT2D eigenvalue weighted by molar-refractivity contribution is 0.0943. The first-order valence-electron chi connectivity index (χ1n) is 7.47. The minimum atomic E-state index is -0.583. The van der Waals surface area contributed by atoms with E-state index in [9.17, 15) is 5.11 Å². The number of hydrogen-bond donors (Lipinski definition) is 2. The highest BCUT2D eigenvalue weighted by Gasteiger charge is 2.23. The Labute approximate surface area is 137 Å². The fourth-order valence-electron chi connectivity index (χ4n) is 2.30. The van der Waals surface area contributed by atoms with Gasteiger partial charge in [0.05, 0.1) is 5.02 Å². The second-order valence-electron chi connectivity index (χ2n) is 5.26. The average Bonchev–Trinajstić information content (AvgIpc) is 2.48. The van der Waals surface area contributed by atoms with Crippen molar-refractivity contribution in [1.82, 2.24) is 5.32 Å². The molecule has 1 unspecified atom stereocenters. The van der Waals surface area contributed by atoms with Crippen molar-refractivity contribution in [1.29, 1.82) is 0 Å². The van der Waals surface area contributed by atoms with Crippen LogP contribution in [-0.4, -0.2) is 29.9 Å². The smallest absolute Gasteiger partial charge is 0.138 e. The van der Waals surface area contributed by atoms with Gasteiger partial charge in [-0.1, -0.05) is 44.0 Å². The summed E-state index contributed by atoms with van der Waals surface area (Å²) < 4.78 is 5.54. The van der Waals surface area contributed by atoms with Crippen LogP contribution in [0.15, 0.2) is 18.2 Å². The van der Waals surface area contributed by atoms with E-state index < -0.39 is 6.10 Å². The summed E-state index contributed by atoms with van der Waals surface area (Å²) in [6.07, 6.45) is 2.53. The number of ether oxygens (including phenoxy) is 1. The molecule has 0 aliphatic carbocycles. The van der Waals surface area contributed by atoms with Crippen LogP contribution in [0, 0.1) is 0 Å². The van der Waals surface area contributed by atoms with Gasteiger partial charge in [-0.3, -0.25) is 0 Å². The minimum absolute atomic E-state index is 0.0961. The molecule has 0 radical (unpaired) electrons. The van der Waals surface area contributed by atoms with Crippen LogP contribution in [0.2, 0.25) is 10.0 Å². The fourth-order valence-corrected chi connectivity index (χ4v) is 2.76. The predicted octanol–water partition coefficient (Wildman–Crippen LogP) is 4.29. The van der Waals surface area contributed by atoms with Gasteiger partial charge in [-0.25, -0.2) is 0 Å². The molecule has 0 aromatic heterocycles. The Balaban J connectivity index is 2.45. The summed E-state index contributed by atoms with van der Waals surface area (Å²) in [6.45, 7) is 7.19. The normalized spacial score (nSPS) is 13.2. The number of nitrogens with one attached hydrogen (secondary N) is 1. The van der Waals surface area contributed by atoms with Crippen molar-refractivity contribution in [2.75, 3.05) is 13.2 Å². The highest BCUT2D eigenvalue weighted by Crippen LogP contribution is 2.27. The highest BCUT2D eigenvalue weighted by molar-refractivity contribution is 6.35. The Morgan fingerprint density at radius 3 is 2.33 bits per heavy atom. The fraction of sp³-hybridized carbons (Fsp3) is 0.625. The van der Waals surface area contributed by atoms with E-state index in [1.807, 2.05) is 0 Å². The Morgan fingerprint density at radius 1 is 1.19 bits per heavy atom. The van der Waals surface area contributed by atoms with Crippen molar-refractivity contribution in [2.24, 2.45) is 0 Å². The van der Waals surface area contributed by atoms with Gasteiger partial charge in [-0.2, -0.15) is 0 Å². The molecule has 0 saturated carbocycles. The standard InChI is InChI=1S/C16H25Cl2NO2/c1-4-16(5-2,6-3)19-10-13(20)11-21-15-8-7-12(17)9-14(15)18/h7-9,13,19-20H,4-6,10-11H2,1-3H3. The number of halogens is 2. The molecule has 0 aliphatic heterocycles. The van der Waals surface area contributed by atoms with Crippen molar-refractivity contribution in [3.63, 3.8) is 0 Å². The minimum Gasteiger partial charge on any atom is -0.489 e. The molecular formula is C16H25Cl2NO2. The van der Waals surface area contributed by atoms with Crippen LogP contribution in [0.5, 0.6) is 5.75 Å². The SMILES string of the molecule is CCC(CC)(CC)NCC(O)COc1ccc(Cl)cc1Cl. The topological polar surface area (TPSA) is 41.5 Å². The van der Waals surface area contributed by atoms with Gasteiger partial charge in [0, 0.05) is 17.1 Å². The molecule has 0 saturated heterocycles. The van der Waals surface area contributed by atoms with Gasteiger partial charge in [0.1, 0.15) is 18.5 Å². The molecule has 0 aliphatic rings. The van der Waals surface area contributed by atoms with Gasteiger partial charge in [-0.15, -0.1) is 0 Å². The van der Waals surface area contributed by atoms with E-state index in [1.165, 1.54) is 0 Å². The van der Waals surface area contributed by atoms with Gasteiger partial charge < -0.3 is 15.2 Å². The van der Waals surface area contributed by atoms with Crippen LogP contribution in [0.3, 0.4) is 0 Å². The van der Waals surface area contributed by atoms with E-state index in [1.54, 1.807) is 18.2 Å². The van der Waals surface area contributed by atoms with Crippen LogP contribution < -0.4 is 10.1 Å². The zero-order valence-corrected chi connectivity index (χ0v) is 14.5. The third-order valence-corrected chi connectivity index (χ3v) is 4.60. The van der Waals surface area contributed by atoms with Crippen molar-refractivity contribution < 1.29 is 9.84 Å². The second kappa shape index (κ2) is 8.84. The van der Waals surface area contributed by atoms with Crippen LogP contribution in [-0.2, 0) is 0 Å². The Hall–Kier alpha value is -0.480. The summed E-state index contributed by atoms with van der Waals surface area (Å²) >= 11 is 11.9. The molecule has 0 bridgehead atoms. The molecule has 1 aromatic rings. The maximum Gasteiger partial charge on any atom is 0.138 e. The van der Waals surface area contributed by atoms with Gasteiger partial charge in [0.15, 0.2) is 0 Å². The molecule has 5 heteroatoms. The van der Waals surface area contributed by atoms with Crippen molar-refractivity contribution in [3.8, 4) is 5.75 Å². The van der Waals surface area contributed by atoms with E-state index in [0.717, 1.165) is 19.3 Å². The number of β-amino-alcohol motifs (C(OH)–C–C–N with tert-alkyl or cyclic N) is 1. The average molecular weight is 334 g/mol. The Bertz CT molecular complexity index is 428. The van der Waals surface area contributed by atoms with Gasteiger partial charge in [0.2, 0.25) is 0 Å². The first kappa shape index (κ1) is 18.6. The first-order valence-corrected chi connectivity index (χ1v) is 8.22. The van der Waals surface area contributed by atoms with E-state index in [2.05, 4.69) is 26.1 Å². The molecule has 21 heavy (non-hydrogen) atoms. The molecule has 0 fully saturated rings. The molecule has 1 atom stereocenters. The van der Waals surface area contributed by atoms with E-state index >= 15 is 0 Å². The third-order valence-electron chi connectivity index (χ3n) is 4.07. The van der Waals surface area contributed by atoms with Crippen LogP contribution >= 0.6 is 23.2 Å². The van der Waals surface area contributed by atoms with Crippen molar-refractivity contribution in [2.45, 2.75) is 51.7 Å². The molecule has 0 heterocycles. The van der Waals surface area contributed by atoms with Crippen LogP contribution in [0.1, 0.15) is 40.0 Å². The molecule has 0 amide bonds. The molecular weight excluding hydrogens is 309 g/mol. The first-order chi connectivity index (χ1) is 9.96. The second-order valence-corrected chi connectivity index (χ2v) is 6.11. The summed E-state index contributed by atoms with van der Waals surface area (Å²) in [6, 6.07) is 5.04. The molecule has 0 spiro atoms. The highest BCUT2D eigenvalue weighted by atomic mass is 35.5. The van der Waals surface area contributed by atoms with E-state index in [0.29, 0.717) is 22.3 Å². The lowest BCUT2D eigenvalue weighted by Crippen LogP contribution is -2.47. The maximum atomic E-state index is 10.0. The molecule has 1 rings (SSSR count). The zero-order valence-electron chi connectivity index (χ0n) is 13.0. The van der Waals surface area contributed by atoms with Crippen LogP contribution in [0.4, 0.5) is 0 Å². The van der Waals surface area contributed by atoms with Crippen LogP contribution in [0.25, 0.3) is 0 Å². The molecule has 2 N–H and O–H groups in total. The third kappa shape index (κ3) is 5.67. The Morgan fingerprint density at radius 2 is 1.81 bits per heavy atom. The number of aliphatic hydroxyl groups excluding tert-OH is 1. The number of aliphatic hydroxyl groups is 1. The van der Waals surface area contributed by atoms with Gasteiger partial charge in [0.25, 0.3) is 0 Å². The number of benzene rings is 1. The van der Waals surface area contributed by atoms with E-state index in [-0.39, 0.29) is 12.1 Å². The molecule has 3 nitrogen and oxygen atoms in total. The summed E-state index contributed by atoms with van der Waals surface area (Å²) in [5.74, 6) is 0.535. The summed E-state index contributed by atoms with van der Waals surface area (Å²) in [7, 11) is 0. The largest absolute Gasteiger partial charge is 0.489 e. The van der Waals surface area contributed by atoms with Crippen molar-refractivity contribution in [3.05, 3.63) is 28.2 Å². The number of hydrogen-bond acceptors (Lipinski definition) is 3. The molecule has 120 valence electrons. The number of rotatable bonds is 9. The maximum absolute atomic E-state index is 10.0. The monoisotopic (exact) mass is 333 g/mol.